The second-order valence-corrected chi connectivity index (χ2v) is 7.62. The summed E-state index contributed by atoms with van der Waals surface area (Å²) in [6.45, 7) is 1.77. The van der Waals surface area contributed by atoms with Gasteiger partial charge in [-0.1, -0.05) is 55.5 Å². The molecule has 0 unspecified atom stereocenters. The fourth-order valence-corrected chi connectivity index (χ4v) is 4.00. The molecule has 0 spiro atoms. The van der Waals surface area contributed by atoms with Gasteiger partial charge in [0.05, 0.1) is 5.69 Å². The molecule has 2 aromatic carbocycles. The standard InChI is InChI=1S/C25H23N3O5/c1-2-20(24(30)31)27-23(29)22-21(12-7-13-26-22)28-25(32)33-14-19-17-10-5-3-8-15(17)16-9-4-6-11-18(16)19/h3-13,19-20H,2,14H2,1H3,(H,27,29)(H,28,32)(H,30,31)/t20-/m1/s1. The van der Waals surface area contributed by atoms with E-state index in [9.17, 15) is 19.5 Å². The number of rotatable bonds is 7. The average molecular weight is 445 g/mol. The van der Waals surface area contributed by atoms with Crippen LogP contribution in [0.5, 0.6) is 0 Å². The van der Waals surface area contributed by atoms with Crippen molar-refractivity contribution in [3.05, 3.63) is 83.7 Å². The van der Waals surface area contributed by atoms with E-state index in [0.29, 0.717) is 0 Å². The number of benzene rings is 2. The number of carbonyl (C=O) groups is 3. The summed E-state index contributed by atoms with van der Waals surface area (Å²) in [4.78, 5) is 40.3. The summed E-state index contributed by atoms with van der Waals surface area (Å²) in [6, 6.07) is 18.0. The first kappa shape index (κ1) is 22.0. The average Bonchev–Trinajstić information content (AvgIpc) is 3.15. The molecule has 2 amide bonds. The molecule has 1 heterocycles. The van der Waals surface area contributed by atoms with Crippen molar-refractivity contribution in [1.29, 1.82) is 0 Å². The molecule has 0 fully saturated rings. The van der Waals surface area contributed by atoms with Crippen LogP contribution < -0.4 is 10.6 Å². The number of amides is 2. The van der Waals surface area contributed by atoms with Crippen molar-refractivity contribution >= 4 is 23.7 Å². The molecule has 3 N–H and O–H groups in total. The Morgan fingerprint density at radius 3 is 2.24 bits per heavy atom. The molecule has 8 heteroatoms. The highest BCUT2D eigenvalue weighted by Crippen LogP contribution is 2.44. The van der Waals surface area contributed by atoms with Crippen LogP contribution in [0, 0.1) is 0 Å². The van der Waals surface area contributed by atoms with E-state index in [1.54, 1.807) is 13.0 Å². The molecular weight excluding hydrogens is 422 g/mol. The second kappa shape index (κ2) is 9.52. The lowest BCUT2D eigenvalue weighted by Gasteiger charge is -2.16. The molecule has 1 aromatic heterocycles. The highest BCUT2D eigenvalue weighted by molar-refractivity contribution is 6.02. The van der Waals surface area contributed by atoms with Crippen LogP contribution in [0.2, 0.25) is 0 Å². The number of carbonyl (C=O) groups excluding carboxylic acids is 2. The molecule has 1 aliphatic rings. The lowest BCUT2D eigenvalue weighted by Crippen LogP contribution is -2.40. The van der Waals surface area contributed by atoms with Gasteiger partial charge in [0.1, 0.15) is 12.6 Å². The van der Waals surface area contributed by atoms with Gasteiger partial charge < -0.3 is 15.2 Å². The van der Waals surface area contributed by atoms with Crippen LogP contribution in [0.1, 0.15) is 40.9 Å². The third-order valence-corrected chi connectivity index (χ3v) is 5.61. The van der Waals surface area contributed by atoms with Gasteiger partial charge in [-0.25, -0.2) is 14.6 Å². The molecule has 0 bridgehead atoms. The van der Waals surface area contributed by atoms with Crippen LogP contribution in [0.3, 0.4) is 0 Å². The quantitative estimate of drug-likeness (QED) is 0.505. The van der Waals surface area contributed by atoms with E-state index in [0.717, 1.165) is 22.3 Å². The van der Waals surface area contributed by atoms with Gasteiger partial charge in [0.2, 0.25) is 0 Å². The third-order valence-electron chi connectivity index (χ3n) is 5.61. The zero-order valence-electron chi connectivity index (χ0n) is 17.9. The van der Waals surface area contributed by atoms with Gasteiger partial charge in [0.15, 0.2) is 5.69 Å². The van der Waals surface area contributed by atoms with Crippen LogP contribution in [0.4, 0.5) is 10.5 Å². The molecule has 0 saturated heterocycles. The molecule has 168 valence electrons. The fourth-order valence-electron chi connectivity index (χ4n) is 4.00. The number of nitrogens with zero attached hydrogens (tertiary/aromatic N) is 1. The van der Waals surface area contributed by atoms with E-state index in [1.807, 2.05) is 36.4 Å². The van der Waals surface area contributed by atoms with E-state index < -0.39 is 24.0 Å². The van der Waals surface area contributed by atoms with Gasteiger partial charge in [0.25, 0.3) is 5.91 Å². The third kappa shape index (κ3) is 4.55. The first-order valence-electron chi connectivity index (χ1n) is 10.6. The summed E-state index contributed by atoms with van der Waals surface area (Å²) < 4.78 is 5.52. The molecule has 1 atom stereocenters. The summed E-state index contributed by atoms with van der Waals surface area (Å²) in [5.41, 5.74) is 4.46. The number of hydrogen-bond donors (Lipinski definition) is 3. The summed E-state index contributed by atoms with van der Waals surface area (Å²) in [6.07, 6.45) is 0.868. The first-order chi connectivity index (χ1) is 16.0. The van der Waals surface area contributed by atoms with Crippen LogP contribution in [0.25, 0.3) is 11.1 Å². The van der Waals surface area contributed by atoms with Gasteiger partial charge >= 0.3 is 12.1 Å². The van der Waals surface area contributed by atoms with Gasteiger partial charge in [-0.15, -0.1) is 0 Å². The fraction of sp³-hybridized carbons (Fsp3) is 0.200. The summed E-state index contributed by atoms with van der Waals surface area (Å²) in [5.74, 6) is -1.94. The predicted octanol–water partition coefficient (Wildman–Crippen LogP) is 4.04. The smallest absolute Gasteiger partial charge is 0.411 e. The largest absolute Gasteiger partial charge is 0.480 e. The maximum atomic E-state index is 12.6. The minimum absolute atomic E-state index is 0.0919. The Balaban J connectivity index is 1.46. The number of carboxylic acids is 1. The Hall–Kier alpha value is -4.20. The molecule has 3 aromatic rings. The molecule has 1 aliphatic carbocycles. The van der Waals surface area contributed by atoms with Gasteiger partial charge in [-0.3, -0.25) is 10.1 Å². The Kier molecular flexibility index (Phi) is 6.35. The van der Waals surface area contributed by atoms with Crippen LogP contribution in [0.15, 0.2) is 66.9 Å². The monoisotopic (exact) mass is 445 g/mol. The zero-order chi connectivity index (χ0) is 23.4. The number of anilines is 1. The Morgan fingerprint density at radius 1 is 1.00 bits per heavy atom. The number of hydrogen-bond acceptors (Lipinski definition) is 5. The van der Waals surface area contributed by atoms with E-state index in [4.69, 9.17) is 4.74 Å². The summed E-state index contributed by atoms with van der Waals surface area (Å²) in [7, 11) is 0. The number of fused-ring (bicyclic) bond motifs is 3. The van der Waals surface area contributed by atoms with Crippen LogP contribution >= 0.6 is 0 Å². The number of nitrogens with one attached hydrogen (secondary N) is 2. The Morgan fingerprint density at radius 2 is 1.64 bits per heavy atom. The minimum atomic E-state index is -1.15. The molecule has 4 rings (SSSR count). The Bertz CT molecular complexity index is 1160. The van der Waals surface area contributed by atoms with E-state index in [2.05, 4.69) is 27.8 Å². The van der Waals surface area contributed by atoms with Crippen LogP contribution in [-0.2, 0) is 9.53 Å². The van der Waals surface area contributed by atoms with Crippen molar-refractivity contribution in [3.8, 4) is 11.1 Å². The van der Waals surface area contributed by atoms with Crippen LogP contribution in [-0.4, -0.2) is 40.7 Å². The first-order valence-corrected chi connectivity index (χ1v) is 10.6. The predicted molar refractivity (Wildman–Crippen MR) is 122 cm³/mol. The summed E-state index contributed by atoms with van der Waals surface area (Å²) in [5, 5.41) is 14.1. The van der Waals surface area contributed by atoms with Gasteiger partial charge in [-0.05, 0) is 40.8 Å². The number of aromatic nitrogens is 1. The molecular formula is C25H23N3O5. The molecule has 0 radical (unpaired) electrons. The number of carboxylic acid groups (broad SMARTS) is 1. The van der Waals surface area contributed by atoms with E-state index in [1.165, 1.54) is 12.3 Å². The van der Waals surface area contributed by atoms with Crippen molar-refractivity contribution < 1.29 is 24.2 Å². The Labute approximate surface area is 190 Å². The maximum absolute atomic E-state index is 12.6. The van der Waals surface area contributed by atoms with Crippen molar-refractivity contribution in [1.82, 2.24) is 10.3 Å². The molecule has 33 heavy (non-hydrogen) atoms. The lowest BCUT2D eigenvalue weighted by atomic mass is 9.98. The number of ether oxygens (including phenoxy) is 1. The van der Waals surface area contributed by atoms with Crippen molar-refractivity contribution in [3.63, 3.8) is 0 Å². The molecule has 0 saturated carbocycles. The van der Waals surface area contributed by atoms with Crippen molar-refractivity contribution in [2.24, 2.45) is 0 Å². The highest BCUT2D eigenvalue weighted by Gasteiger charge is 2.29. The number of pyridine rings is 1. The zero-order valence-corrected chi connectivity index (χ0v) is 17.9. The number of aliphatic carboxylic acids is 1. The minimum Gasteiger partial charge on any atom is -0.480 e. The highest BCUT2D eigenvalue weighted by atomic mass is 16.5. The van der Waals surface area contributed by atoms with E-state index in [-0.39, 0.29) is 30.3 Å². The normalized spacial score (nSPS) is 12.9. The lowest BCUT2D eigenvalue weighted by molar-refractivity contribution is -0.139. The van der Waals surface area contributed by atoms with Crippen molar-refractivity contribution in [2.45, 2.75) is 25.3 Å². The van der Waals surface area contributed by atoms with Gasteiger partial charge in [-0.2, -0.15) is 0 Å². The molecule has 0 aliphatic heterocycles. The van der Waals surface area contributed by atoms with Gasteiger partial charge in [0, 0.05) is 12.1 Å². The maximum Gasteiger partial charge on any atom is 0.411 e. The second-order valence-electron chi connectivity index (χ2n) is 7.62. The molecule has 8 nitrogen and oxygen atoms in total. The van der Waals surface area contributed by atoms with Crippen molar-refractivity contribution in [2.75, 3.05) is 11.9 Å². The topological polar surface area (TPSA) is 118 Å². The summed E-state index contributed by atoms with van der Waals surface area (Å²) >= 11 is 0. The SMILES string of the molecule is CC[C@@H](NC(=O)c1ncccc1NC(=O)OCC1c2ccccc2-c2ccccc21)C(=O)O. The van der Waals surface area contributed by atoms with E-state index >= 15 is 0 Å².